The molecule has 0 bridgehead atoms. The summed E-state index contributed by atoms with van der Waals surface area (Å²) >= 11 is 3.21. The van der Waals surface area contributed by atoms with Crippen LogP contribution in [0, 0.1) is 0 Å². The van der Waals surface area contributed by atoms with E-state index in [0.29, 0.717) is 16.0 Å². The van der Waals surface area contributed by atoms with Gasteiger partial charge >= 0.3 is 0 Å². The first-order valence-electron chi connectivity index (χ1n) is 5.03. The lowest BCUT2D eigenvalue weighted by atomic mass is 10.3. The Morgan fingerprint density at radius 3 is 2.83 bits per heavy atom. The van der Waals surface area contributed by atoms with Crippen molar-refractivity contribution in [2.75, 3.05) is 19.8 Å². The molecule has 2 heterocycles. The Balaban J connectivity index is 2.41. The molecule has 94 valence electrons. The molecule has 0 spiro atoms. The number of anilines is 1. The number of amides is 1. The fraction of sp³-hybridized carbons (Fsp3) is 0.200. The molecule has 8 heteroatoms. The fourth-order valence-corrected chi connectivity index (χ4v) is 1.61. The molecule has 0 aliphatic rings. The summed E-state index contributed by atoms with van der Waals surface area (Å²) in [4.78, 5) is 21.3. The van der Waals surface area contributed by atoms with E-state index in [9.17, 15) is 4.79 Å². The number of hydrogen-bond donors (Lipinski definition) is 1. The van der Waals surface area contributed by atoms with Crippen LogP contribution in [0.3, 0.4) is 0 Å². The monoisotopic (exact) mass is 310 g/mol. The van der Waals surface area contributed by atoms with Crippen LogP contribution in [-0.2, 0) is 0 Å². The van der Waals surface area contributed by atoms with Gasteiger partial charge in [0.1, 0.15) is 4.60 Å². The molecule has 0 saturated carbocycles. The van der Waals surface area contributed by atoms with E-state index in [-0.39, 0.29) is 11.7 Å². The van der Waals surface area contributed by atoms with Crippen molar-refractivity contribution < 1.29 is 4.79 Å². The lowest BCUT2D eigenvalue weighted by molar-refractivity contribution is 0.0827. The maximum absolute atomic E-state index is 11.7. The van der Waals surface area contributed by atoms with Crippen LogP contribution >= 0.6 is 15.9 Å². The van der Waals surface area contributed by atoms with Crippen molar-refractivity contribution in [3.63, 3.8) is 0 Å². The van der Waals surface area contributed by atoms with Crippen LogP contribution in [0.1, 0.15) is 10.4 Å². The zero-order chi connectivity index (χ0) is 13.3. The lowest BCUT2D eigenvalue weighted by Gasteiger charge is -2.07. The molecule has 2 aromatic rings. The SMILES string of the molecule is CN(C)C(=O)c1cnn(-c2nc(Br)cnc2N)c1. The Kier molecular flexibility index (Phi) is 3.28. The zero-order valence-electron chi connectivity index (χ0n) is 9.83. The molecule has 0 saturated heterocycles. The average molecular weight is 311 g/mol. The van der Waals surface area contributed by atoms with Crippen molar-refractivity contribution >= 4 is 27.7 Å². The van der Waals surface area contributed by atoms with Crippen LogP contribution in [-0.4, -0.2) is 44.7 Å². The summed E-state index contributed by atoms with van der Waals surface area (Å²) in [5.41, 5.74) is 6.18. The molecular formula is C10H11BrN6O. The fourth-order valence-electron chi connectivity index (χ4n) is 1.34. The first-order chi connectivity index (χ1) is 8.49. The summed E-state index contributed by atoms with van der Waals surface area (Å²) in [5, 5.41) is 4.06. The van der Waals surface area contributed by atoms with Gasteiger partial charge in [-0.25, -0.2) is 14.6 Å². The van der Waals surface area contributed by atoms with Crippen LogP contribution in [0.25, 0.3) is 5.82 Å². The number of carbonyl (C=O) groups is 1. The Morgan fingerprint density at radius 2 is 2.17 bits per heavy atom. The van der Waals surface area contributed by atoms with Crippen molar-refractivity contribution in [3.05, 3.63) is 28.8 Å². The van der Waals surface area contributed by atoms with Gasteiger partial charge in [0.25, 0.3) is 5.91 Å². The molecule has 0 unspecified atom stereocenters. The van der Waals surface area contributed by atoms with Gasteiger partial charge in [0.15, 0.2) is 11.6 Å². The quantitative estimate of drug-likeness (QED) is 0.882. The number of nitrogen functional groups attached to an aromatic ring is 1. The first-order valence-corrected chi connectivity index (χ1v) is 5.83. The van der Waals surface area contributed by atoms with E-state index in [0.717, 1.165) is 0 Å². The molecule has 0 aliphatic heterocycles. The van der Waals surface area contributed by atoms with Crippen molar-refractivity contribution in [1.29, 1.82) is 0 Å². The normalized spacial score (nSPS) is 10.4. The number of nitrogens with zero attached hydrogens (tertiary/aromatic N) is 5. The first kappa shape index (κ1) is 12.5. The summed E-state index contributed by atoms with van der Waals surface area (Å²) in [6, 6.07) is 0. The molecule has 0 radical (unpaired) electrons. The third-order valence-corrected chi connectivity index (χ3v) is 2.59. The van der Waals surface area contributed by atoms with Gasteiger partial charge in [0.2, 0.25) is 0 Å². The Labute approximate surface area is 112 Å². The standard InChI is InChI=1S/C10H11BrN6O/c1-16(2)10(18)6-3-14-17(5-6)9-8(12)13-4-7(11)15-9/h3-5H,1-2H3,(H2,12,13). The number of halogens is 1. The lowest BCUT2D eigenvalue weighted by Crippen LogP contribution is -2.21. The minimum absolute atomic E-state index is 0.136. The Bertz CT molecular complexity index is 594. The van der Waals surface area contributed by atoms with Crippen molar-refractivity contribution in [2.24, 2.45) is 0 Å². The summed E-state index contributed by atoms with van der Waals surface area (Å²) in [6.45, 7) is 0. The molecule has 2 N–H and O–H groups in total. The summed E-state index contributed by atoms with van der Waals surface area (Å²) < 4.78 is 1.96. The second kappa shape index (κ2) is 4.73. The van der Waals surface area contributed by atoms with Crippen LogP contribution in [0.4, 0.5) is 5.82 Å². The van der Waals surface area contributed by atoms with E-state index in [1.54, 1.807) is 20.3 Å². The van der Waals surface area contributed by atoms with E-state index in [4.69, 9.17) is 5.73 Å². The Morgan fingerprint density at radius 1 is 1.44 bits per heavy atom. The van der Waals surface area contributed by atoms with Gasteiger partial charge < -0.3 is 10.6 Å². The second-order valence-electron chi connectivity index (χ2n) is 3.77. The maximum atomic E-state index is 11.7. The predicted octanol–water partition coefficient (Wildman–Crippen LogP) is 0.709. The van der Waals surface area contributed by atoms with E-state index >= 15 is 0 Å². The molecule has 18 heavy (non-hydrogen) atoms. The smallest absolute Gasteiger partial charge is 0.256 e. The number of carbonyl (C=O) groups excluding carboxylic acids is 1. The summed E-state index contributed by atoms with van der Waals surface area (Å²) in [7, 11) is 3.35. The van der Waals surface area contributed by atoms with Gasteiger partial charge in [-0.1, -0.05) is 0 Å². The minimum atomic E-state index is -0.136. The summed E-state index contributed by atoms with van der Waals surface area (Å²) in [6.07, 6.45) is 4.52. The molecular weight excluding hydrogens is 300 g/mol. The molecule has 0 aliphatic carbocycles. The highest BCUT2D eigenvalue weighted by molar-refractivity contribution is 9.10. The van der Waals surface area contributed by atoms with Gasteiger partial charge in [0.05, 0.1) is 18.0 Å². The van der Waals surface area contributed by atoms with E-state index in [1.807, 2.05) is 0 Å². The van der Waals surface area contributed by atoms with Gasteiger partial charge in [-0.15, -0.1) is 0 Å². The van der Waals surface area contributed by atoms with Crippen LogP contribution < -0.4 is 5.73 Å². The molecule has 0 aromatic carbocycles. The number of hydrogen-bond acceptors (Lipinski definition) is 5. The third-order valence-electron chi connectivity index (χ3n) is 2.20. The largest absolute Gasteiger partial charge is 0.381 e. The van der Waals surface area contributed by atoms with Crippen LogP contribution in [0.15, 0.2) is 23.2 Å². The number of rotatable bonds is 2. The topological polar surface area (TPSA) is 89.9 Å². The van der Waals surface area contributed by atoms with Crippen molar-refractivity contribution in [1.82, 2.24) is 24.6 Å². The number of aromatic nitrogens is 4. The average Bonchev–Trinajstić information content (AvgIpc) is 2.80. The molecule has 1 amide bonds. The van der Waals surface area contributed by atoms with E-state index in [2.05, 4.69) is 31.0 Å². The van der Waals surface area contributed by atoms with E-state index in [1.165, 1.54) is 22.0 Å². The molecule has 2 rings (SSSR count). The molecule has 0 atom stereocenters. The highest BCUT2D eigenvalue weighted by Crippen LogP contribution is 2.15. The van der Waals surface area contributed by atoms with Crippen LogP contribution in [0.5, 0.6) is 0 Å². The predicted molar refractivity (Wildman–Crippen MR) is 69.3 cm³/mol. The summed E-state index contributed by atoms with van der Waals surface area (Å²) in [5.74, 6) is 0.482. The van der Waals surface area contributed by atoms with Gasteiger partial charge in [0, 0.05) is 20.3 Å². The highest BCUT2D eigenvalue weighted by Gasteiger charge is 2.13. The molecule has 0 fully saturated rings. The van der Waals surface area contributed by atoms with Crippen LogP contribution in [0.2, 0.25) is 0 Å². The van der Waals surface area contributed by atoms with E-state index < -0.39 is 0 Å². The maximum Gasteiger partial charge on any atom is 0.256 e. The molecule has 7 nitrogen and oxygen atoms in total. The third kappa shape index (κ3) is 2.33. The van der Waals surface area contributed by atoms with Crippen molar-refractivity contribution in [2.45, 2.75) is 0 Å². The Hall–Kier alpha value is -1.96. The minimum Gasteiger partial charge on any atom is -0.381 e. The van der Waals surface area contributed by atoms with Gasteiger partial charge in [-0.3, -0.25) is 4.79 Å². The number of nitrogens with two attached hydrogens (primary N) is 1. The van der Waals surface area contributed by atoms with Crippen molar-refractivity contribution in [3.8, 4) is 5.82 Å². The second-order valence-corrected chi connectivity index (χ2v) is 4.59. The van der Waals surface area contributed by atoms with Gasteiger partial charge in [-0.05, 0) is 15.9 Å². The molecule has 2 aromatic heterocycles. The zero-order valence-corrected chi connectivity index (χ0v) is 11.4. The highest BCUT2D eigenvalue weighted by atomic mass is 79.9. The van der Waals surface area contributed by atoms with Gasteiger partial charge in [-0.2, -0.15) is 5.10 Å².